The van der Waals surface area contributed by atoms with Gasteiger partial charge in [-0.15, -0.1) is 10.5 Å². The molecular weight excluding hydrogens is 460 g/mol. The third-order valence-electron chi connectivity index (χ3n) is 5.81. The van der Waals surface area contributed by atoms with Crippen LogP contribution in [0.1, 0.15) is 5.56 Å². The molecule has 1 unspecified atom stereocenters. The Kier molecular flexibility index (Phi) is 5.36. The predicted molar refractivity (Wildman–Crippen MR) is 141 cm³/mol. The second kappa shape index (κ2) is 8.66. The molecule has 4 aromatic rings. The predicted octanol–water partition coefficient (Wildman–Crippen LogP) is 5.25. The minimum Gasteiger partial charge on any atom is -0.282 e. The molecule has 0 aliphatic carbocycles. The number of fused-ring (bicyclic) bond motifs is 2. The third kappa shape index (κ3) is 3.77. The molecule has 7 heteroatoms. The van der Waals surface area contributed by atoms with Crippen LogP contribution >= 0.6 is 22.2 Å². The van der Waals surface area contributed by atoms with Crippen LogP contribution in [0.4, 0.5) is 5.69 Å². The topological polar surface area (TPSA) is 58.5 Å². The van der Waals surface area contributed by atoms with Crippen molar-refractivity contribution in [3.63, 3.8) is 0 Å². The smallest absolute Gasteiger partial charge is 0.268 e. The van der Waals surface area contributed by atoms with Gasteiger partial charge in [-0.3, -0.25) is 19.7 Å². The van der Waals surface area contributed by atoms with E-state index in [2.05, 4.69) is 28.4 Å². The summed E-state index contributed by atoms with van der Waals surface area (Å²) in [4.78, 5) is 31.1. The van der Waals surface area contributed by atoms with Gasteiger partial charge in [0.25, 0.3) is 5.91 Å². The lowest BCUT2D eigenvalue weighted by Crippen LogP contribution is -2.28. The number of pyridine rings is 2. The molecule has 4 heterocycles. The van der Waals surface area contributed by atoms with Crippen LogP contribution in [0.15, 0.2) is 100.0 Å². The number of amidine groups is 1. The first kappa shape index (κ1) is 21.0. The van der Waals surface area contributed by atoms with E-state index in [4.69, 9.17) is 4.99 Å². The molecule has 2 aromatic heterocycles. The third-order valence-corrected chi connectivity index (χ3v) is 9.02. The quantitative estimate of drug-likeness (QED) is 0.297. The number of nitrogens with zero attached hydrogens (tertiary/aromatic N) is 4. The monoisotopic (exact) mass is 480 g/mol. The van der Waals surface area contributed by atoms with Gasteiger partial charge in [0.2, 0.25) is 0 Å². The maximum Gasteiger partial charge on any atom is 0.268 e. The molecule has 0 radical (unpaired) electrons. The van der Waals surface area contributed by atoms with E-state index in [1.807, 2.05) is 66.7 Å². The molecule has 1 amide bonds. The lowest BCUT2D eigenvalue weighted by atomic mass is 10.2. The van der Waals surface area contributed by atoms with Gasteiger partial charge in [-0.05, 0) is 66.1 Å². The number of benzene rings is 2. The number of hydrogen-bond donors (Lipinski definition) is 0. The fourth-order valence-electron chi connectivity index (χ4n) is 4.09. The second-order valence-corrected chi connectivity index (χ2v) is 10.9. The molecule has 0 saturated carbocycles. The Labute approximate surface area is 203 Å². The van der Waals surface area contributed by atoms with Gasteiger partial charge in [0.15, 0.2) is 5.17 Å². The van der Waals surface area contributed by atoms with E-state index in [0.717, 1.165) is 37.3 Å². The largest absolute Gasteiger partial charge is 0.282 e. The lowest BCUT2D eigenvalue weighted by molar-refractivity contribution is -0.122. The van der Waals surface area contributed by atoms with Crippen molar-refractivity contribution >= 4 is 56.0 Å². The average Bonchev–Trinajstić information content (AvgIpc) is 3.36. The Hall–Kier alpha value is -3.55. The number of hydrogen-bond acceptors (Lipinski definition) is 5. The molecule has 5 nitrogen and oxygen atoms in total. The van der Waals surface area contributed by atoms with Crippen molar-refractivity contribution in [3.8, 4) is 0 Å². The summed E-state index contributed by atoms with van der Waals surface area (Å²) in [5.74, 6) is -0.00605. The number of allylic oxidation sites excluding steroid dienone is 1. The molecule has 0 spiro atoms. The molecule has 1 atom stereocenters. The summed E-state index contributed by atoms with van der Waals surface area (Å²) in [6.07, 6.45) is 7.80. The van der Waals surface area contributed by atoms with Gasteiger partial charge in [0.05, 0.1) is 28.0 Å². The molecule has 166 valence electrons. The average molecular weight is 481 g/mol. The van der Waals surface area contributed by atoms with E-state index in [-0.39, 0.29) is 16.4 Å². The molecule has 1 saturated heterocycles. The van der Waals surface area contributed by atoms with Crippen LogP contribution in [0.25, 0.3) is 17.0 Å². The summed E-state index contributed by atoms with van der Waals surface area (Å²) < 4.78 is 1.18. The van der Waals surface area contributed by atoms with Crippen LogP contribution in [-0.2, 0) is 11.3 Å². The van der Waals surface area contributed by atoms with Gasteiger partial charge in [-0.25, -0.2) is 4.99 Å². The van der Waals surface area contributed by atoms with Gasteiger partial charge in [-0.2, -0.15) is 0 Å². The summed E-state index contributed by atoms with van der Waals surface area (Å²) in [6, 6.07) is 24.0. The standard InChI is InChI=1S/C27H20N4OS2/c1-34-23-10-6-14-29-22(23)16-24(34)25-26(32)31(17-18-7-3-2-4-8-18)27(33-25)30-20-11-12-21-19(15-20)9-5-13-28-21/h2-16H,17H2,1H3. The van der Waals surface area contributed by atoms with Crippen LogP contribution in [0.5, 0.6) is 0 Å². The Morgan fingerprint density at radius 2 is 1.79 bits per heavy atom. The van der Waals surface area contributed by atoms with Crippen molar-refractivity contribution in [2.45, 2.75) is 6.54 Å². The van der Waals surface area contributed by atoms with E-state index >= 15 is 0 Å². The highest BCUT2D eigenvalue weighted by Crippen LogP contribution is 2.42. The fourth-order valence-corrected chi connectivity index (χ4v) is 7.14. The minimum atomic E-state index is -0.208. The molecule has 2 aromatic carbocycles. The molecule has 2 aliphatic heterocycles. The summed E-state index contributed by atoms with van der Waals surface area (Å²) in [5, 5.41) is 2.66. The van der Waals surface area contributed by atoms with Gasteiger partial charge < -0.3 is 0 Å². The van der Waals surface area contributed by atoms with E-state index in [1.54, 1.807) is 17.3 Å². The maximum absolute atomic E-state index is 13.7. The first-order valence-corrected chi connectivity index (χ1v) is 13.3. The molecule has 2 aliphatic rings. The molecule has 34 heavy (non-hydrogen) atoms. The Morgan fingerprint density at radius 3 is 2.65 bits per heavy atom. The van der Waals surface area contributed by atoms with Crippen molar-refractivity contribution in [3.05, 3.63) is 110 Å². The van der Waals surface area contributed by atoms with Crippen molar-refractivity contribution in [2.24, 2.45) is 4.99 Å². The summed E-state index contributed by atoms with van der Waals surface area (Å²) in [6.45, 7) is 0.472. The van der Waals surface area contributed by atoms with Crippen LogP contribution in [-0.4, -0.2) is 32.2 Å². The lowest BCUT2D eigenvalue weighted by Gasteiger charge is -2.16. The van der Waals surface area contributed by atoms with E-state index in [9.17, 15) is 4.79 Å². The minimum absolute atomic E-state index is 0.00605. The fraction of sp³-hybridized carbons (Fsp3) is 0.0741. The highest BCUT2D eigenvalue weighted by molar-refractivity contribution is 8.20. The molecule has 0 N–H and O–H groups in total. The number of carbonyl (C=O) groups is 1. The van der Waals surface area contributed by atoms with Gasteiger partial charge in [-0.1, -0.05) is 36.4 Å². The molecule has 6 rings (SSSR count). The SMILES string of the molecule is CS1=c2cccnc2=CC1=C1SC(=Nc2ccc3ncccc3c2)N(Cc2ccccc2)C1=O. The number of amides is 1. The Balaban J connectivity index is 1.46. The van der Waals surface area contributed by atoms with Crippen molar-refractivity contribution in [2.75, 3.05) is 6.26 Å². The normalized spacial score (nSPS) is 20.7. The van der Waals surface area contributed by atoms with Crippen LogP contribution in [0, 0.1) is 4.51 Å². The Morgan fingerprint density at radius 1 is 0.971 bits per heavy atom. The second-order valence-electron chi connectivity index (χ2n) is 7.99. The zero-order valence-corrected chi connectivity index (χ0v) is 20.0. The van der Waals surface area contributed by atoms with E-state index < -0.39 is 0 Å². The van der Waals surface area contributed by atoms with Crippen molar-refractivity contribution < 1.29 is 4.79 Å². The zero-order chi connectivity index (χ0) is 23.1. The first-order valence-electron chi connectivity index (χ1n) is 10.8. The summed E-state index contributed by atoms with van der Waals surface area (Å²) >= 11 is 1.46. The number of rotatable bonds is 3. The highest BCUT2D eigenvalue weighted by Gasteiger charge is 2.36. The van der Waals surface area contributed by atoms with Gasteiger partial charge >= 0.3 is 0 Å². The van der Waals surface area contributed by atoms with Gasteiger partial charge in [0, 0.05) is 27.2 Å². The number of carbonyl (C=O) groups excluding carboxylic acids is 1. The van der Waals surface area contributed by atoms with Crippen molar-refractivity contribution in [1.82, 2.24) is 14.9 Å². The van der Waals surface area contributed by atoms with Crippen LogP contribution < -0.4 is 5.35 Å². The molecule has 1 fully saturated rings. The number of aliphatic imine (C=N–C) groups is 1. The van der Waals surface area contributed by atoms with Crippen LogP contribution in [0.3, 0.4) is 0 Å². The van der Waals surface area contributed by atoms with Crippen molar-refractivity contribution in [1.29, 1.82) is 0 Å². The molecule has 0 bridgehead atoms. The summed E-state index contributed by atoms with van der Waals surface area (Å²) in [7, 11) is -0.208. The van der Waals surface area contributed by atoms with E-state index in [1.165, 1.54) is 16.3 Å². The number of aromatic nitrogens is 2. The van der Waals surface area contributed by atoms with E-state index in [0.29, 0.717) is 11.7 Å². The Bertz CT molecular complexity index is 1640. The van der Waals surface area contributed by atoms with Gasteiger partial charge in [0.1, 0.15) is 0 Å². The number of thioether (sulfide) groups is 1. The summed E-state index contributed by atoms with van der Waals surface area (Å²) in [5.41, 5.74) is 2.79. The first-order chi connectivity index (χ1) is 16.7. The zero-order valence-electron chi connectivity index (χ0n) is 18.4. The van der Waals surface area contributed by atoms with Crippen LogP contribution in [0.2, 0.25) is 0 Å². The molecular formula is C27H20N4OS2. The highest BCUT2D eigenvalue weighted by atomic mass is 32.2. The maximum atomic E-state index is 13.7.